The van der Waals surface area contributed by atoms with Crippen LogP contribution in [-0.2, 0) is 22.5 Å². The predicted molar refractivity (Wildman–Crippen MR) is 131 cm³/mol. The highest BCUT2D eigenvalue weighted by Crippen LogP contribution is 2.38. The molecule has 1 amide bonds. The van der Waals surface area contributed by atoms with Crippen LogP contribution in [0.3, 0.4) is 0 Å². The number of halogens is 1. The first-order valence-electron chi connectivity index (χ1n) is 11.4. The minimum Gasteiger partial charge on any atom is -0.612 e. The minimum absolute atomic E-state index is 0.0696. The molecular formula is C26H27FN4O2S. The van der Waals surface area contributed by atoms with Crippen molar-refractivity contribution in [3.05, 3.63) is 83.3 Å². The van der Waals surface area contributed by atoms with E-state index in [4.69, 9.17) is 0 Å². The van der Waals surface area contributed by atoms with Crippen LogP contribution in [0.1, 0.15) is 42.1 Å². The number of aromatic nitrogens is 1. The van der Waals surface area contributed by atoms with Crippen LogP contribution in [0.25, 0.3) is 0 Å². The number of hydrogen-bond acceptors (Lipinski definition) is 5. The molecule has 2 N–H and O–H groups in total. The number of nitrogens with zero attached hydrogens (tertiary/aromatic N) is 2. The number of anilines is 2. The van der Waals surface area contributed by atoms with Crippen molar-refractivity contribution < 1.29 is 13.7 Å². The molecule has 3 heterocycles. The van der Waals surface area contributed by atoms with Crippen LogP contribution in [0.4, 0.5) is 15.9 Å². The second kappa shape index (κ2) is 9.37. The van der Waals surface area contributed by atoms with E-state index in [1.54, 1.807) is 24.6 Å². The Morgan fingerprint density at radius 3 is 2.82 bits per heavy atom. The Balaban J connectivity index is 1.29. The van der Waals surface area contributed by atoms with Gasteiger partial charge in [0.25, 0.3) is 0 Å². The van der Waals surface area contributed by atoms with Gasteiger partial charge < -0.3 is 14.8 Å². The molecule has 1 aromatic heterocycles. The monoisotopic (exact) mass is 478 g/mol. The first-order chi connectivity index (χ1) is 16.4. The number of rotatable bonds is 5. The summed E-state index contributed by atoms with van der Waals surface area (Å²) in [6.45, 7) is 3.59. The number of nitrogens with one attached hydrogen (secondary N) is 2. The molecule has 8 heteroatoms. The summed E-state index contributed by atoms with van der Waals surface area (Å²) in [7, 11) is 0. The second-order valence-electron chi connectivity index (χ2n) is 9.09. The van der Waals surface area contributed by atoms with Crippen molar-refractivity contribution >= 4 is 28.6 Å². The van der Waals surface area contributed by atoms with Gasteiger partial charge in [-0.25, -0.2) is 9.37 Å². The summed E-state index contributed by atoms with van der Waals surface area (Å²) in [6.07, 6.45) is 4.25. The quantitative estimate of drug-likeness (QED) is 0.534. The maximum absolute atomic E-state index is 13.8. The predicted octanol–water partition coefficient (Wildman–Crippen LogP) is 4.33. The molecule has 0 spiro atoms. The van der Waals surface area contributed by atoms with E-state index < -0.39 is 17.2 Å². The molecule has 0 bridgehead atoms. The highest BCUT2D eigenvalue weighted by Gasteiger charge is 2.32. The summed E-state index contributed by atoms with van der Waals surface area (Å²) in [5.74, 6) is 0.880. The van der Waals surface area contributed by atoms with Gasteiger partial charge >= 0.3 is 0 Å². The largest absolute Gasteiger partial charge is 0.612 e. The van der Waals surface area contributed by atoms with Crippen molar-refractivity contribution in [1.29, 1.82) is 0 Å². The van der Waals surface area contributed by atoms with E-state index in [1.807, 2.05) is 36.4 Å². The summed E-state index contributed by atoms with van der Waals surface area (Å²) < 4.78 is 25.5. The molecule has 5 rings (SSSR count). The molecule has 4 unspecified atom stereocenters. The van der Waals surface area contributed by atoms with Crippen molar-refractivity contribution in [2.45, 2.75) is 36.9 Å². The van der Waals surface area contributed by atoms with E-state index in [1.165, 1.54) is 6.07 Å². The lowest BCUT2D eigenvalue weighted by atomic mass is 10.0. The Labute approximate surface area is 201 Å². The molecule has 176 valence electrons. The average molecular weight is 479 g/mol. The van der Waals surface area contributed by atoms with Gasteiger partial charge in [-0.2, -0.15) is 0 Å². The first kappa shape index (κ1) is 22.8. The molecule has 3 aromatic rings. The highest BCUT2D eigenvalue weighted by atomic mass is 32.2. The van der Waals surface area contributed by atoms with E-state index in [2.05, 4.69) is 27.4 Å². The van der Waals surface area contributed by atoms with Gasteiger partial charge in [0, 0.05) is 13.1 Å². The Morgan fingerprint density at radius 2 is 2.09 bits per heavy atom. The summed E-state index contributed by atoms with van der Waals surface area (Å²) in [4.78, 5) is 20.5. The number of amides is 1. The van der Waals surface area contributed by atoms with Gasteiger partial charge in [0.05, 0.1) is 17.9 Å². The van der Waals surface area contributed by atoms with Crippen molar-refractivity contribution in [1.82, 2.24) is 10.3 Å². The lowest BCUT2D eigenvalue weighted by molar-refractivity contribution is -0.118. The van der Waals surface area contributed by atoms with Gasteiger partial charge in [-0.1, -0.05) is 25.1 Å². The average Bonchev–Trinajstić information content (AvgIpc) is 3.42. The van der Waals surface area contributed by atoms with E-state index in [-0.39, 0.29) is 17.8 Å². The standard InChI is InChI=1S/C26H27FN4O2S/c1-16-10-23(17-4-3-5-19(27)11-17)31(15-16)24-9-6-20(14-28-24)30-26(32)25-22-8-7-21(34(2)33)12-18(22)13-29-25/h3-9,11-12,14,16,23,25,29H,10,13,15H2,1-2H3,(H,30,32). The van der Waals surface area contributed by atoms with Gasteiger partial charge in [-0.15, -0.1) is 0 Å². The third-order valence-corrected chi connectivity index (χ3v) is 7.49. The zero-order valence-corrected chi connectivity index (χ0v) is 19.9. The lowest BCUT2D eigenvalue weighted by Crippen LogP contribution is -2.28. The van der Waals surface area contributed by atoms with Gasteiger partial charge in [0.1, 0.15) is 23.9 Å². The molecule has 2 aromatic carbocycles. The molecule has 0 saturated carbocycles. The van der Waals surface area contributed by atoms with Gasteiger partial charge in [-0.3, -0.25) is 10.1 Å². The van der Waals surface area contributed by atoms with Gasteiger partial charge in [-0.05, 0) is 76.6 Å². The zero-order valence-electron chi connectivity index (χ0n) is 19.1. The second-order valence-corrected chi connectivity index (χ2v) is 10.5. The van der Waals surface area contributed by atoms with Crippen LogP contribution in [0.2, 0.25) is 0 Å². The molecule has 2 aliphatic rings. The summed E-state index contributed by atoms with van der Waals surface area (Å²) >= 11 is -1.06. The molecule has 1 saturated heterocycles. The summed E-state index contributed by atoms with van der Waals surface area (Å²) in [5, 5.41) is 6.17. The van der Waals surface area contributed by atoms with Crippen LogP contribution < -0.4 is 15.5 Å². The van der Waals surface area contributed by atoms with Crippen molar-refractivity contribution in [2.75, 3.05) is 23.0 Å². The van der Waals surface area contributed by atoms with Crippen molar-refractivity contribution in [2.24, 2.45) is 5.92 Å². The molecule has 1 fully saturated rings. The molecule has 0 radical (unpaired) electrons. The third kappa shape index (κ3) is 4.53. The maximum Gasteiger partial charge on any atom is 0.246 e. The lowest BCUT2D eigenvalue weighted by Gasteiger charge is -2.26. The Morgan fingerprint density at radius 1 is 1.24 bits per heavy atom. The van der Waals surface area contributed by atoms with Crippen LogP contribution >= 0.6 is 0 Å². The summed E-state index contributed by atoms with van der Waals surface area (Å²) in [6, 6.07) is 15.7. The fourth-order valence-corrected chi connectivity index (χ4v) is 5.49. The fraction of sp³-hybridized carbons (Fsp3) is 0.308. The zero-order chi connectivity index (χ0) is 23.8. The van der Waals surface area contributed by atoms with Crippen LogP contribution in [0.15, 0.2) is 65.7 Å². The van der Waals surface area contributed by atoms with Crippen LogP contribution in [0, 0.1) is 11.7 Å². The first-order valence-corrected chi connectivity index (χ1v) is 12.9. The number of carbonyl (C=O) groups is 1. The summed E-state index contributed by atoms with van der Waals surface area (Å²) in [5.41, 5.74) is 3.46. The molecule has 6 nitrogen and oxygen atoms in total. The number of pyridine rings is 1. The third-order valence-electron chi connectivity index (χ3n) is 6.57. The number of benzene rings is 2. The Hall–Kier alpha value is -2.94. The SMILES string of the molecule is CC1CC(c2cccc(F)c2)N(c2ccc(NC(=O)C3NCc4cc([S+](C)[O-])ccc43)cn2)C1. The van der Waals surface area contributed by atoms with E-state index in [0.717, 1.165) is 40.4 Å². The van der Waals surface area contributed by atoms with Crippen LogP contribution in [0.5, 0.6) is 0 Å². The van der Waals surface area contributed by atoms with Crippen LogP contribution in [-0.4, -0.2) is 28.2 Å². The van der Waals surface area contributed by atoms with E-state index in [9.17, 15) is 13.7 Å². The number of hydrogen-bond donors (Lipinski definition) is 2. The topological polar surface area (TPSA) is 80.3 Å². The van der Waals surface area contributed by atoms with E-state index in [0.29, 0.717) is 18.2 Å². The molecule has 0 aliphatic carbocycles. The van der Waals surface area contributed by atoms with Crippen molar-refractivity contribution in [3.8, 4) is 0 Å². The van der Waals surface area contributed by atoms with Gasteiger partial charge in [0.2, 0.25) is 5.91 Å². The fourth-order valence-electron chi connectivity index (χ4n) is 4.92. The molecule has 4 atom stereocenters. The number of carbonyl (C=O) groups excluding carboxylic acids is 1. The number of fused-ring (bicyclic) bond motifs is 1. The van der Waals surface area contributed by atoms with E-state index >= 15 is 0 Å². The minimum atomic E-state index is -1.06. The normalized spacial score (nSPS) is 22.5. The van der Waals surface area contributed by atoms with Crippen molar-refractivity contribution in [3.63, 3.8) is 0 Å². The molecular weight excluding hydrogens is 451 g/mol. The highest BCUT2D eigenvalue weighted by molar-refractivity contribution is 7.90. The Bertz CT molecular complexity index is 1200. The Kier molecular flexibility index (Phi) is 6.29. The smallest absolute Gasteiger partial charge is 0.246 e. The molecule has 34 heavy (non-hydrogen) atoms. The molecule has 2 aliphatic heterocycles. The van der Waals surface area contributed by atoms with Gasteiger partial charge in [0.15, 0.2) is 4.90 Å². The maximum atomic E-state index is 13.8.